The van der Waals surface area contributed by atoms with Gasteiger partial charge in [-0.2, -0.15) is 0 Å². The number of ether oxygens (including phenoxy) is 2. The van der Waals surface area contributed by atoms with Gasteiger partial charge in [-0.3, -0.25) is 5.41 Å². The van der Waals surface area contributed by atoms with Crippen LogP contribution in [0.3, 0.4) is 0 Å². The van der Waals surface area contributed by atoms with E-state index in [2.05, 4.69) is 4.98 Å². The Labute approximate surface area is 189 Å². The zero-order valence-corrected chi connectivity index (χ0v) is 19.2. The van der Waals surface area contributed by atoms with Gasteiger partial charge in [-0.15, -0.1) is 22.7 Å². The summed E-state index contributed by atoms with van der Waals surface area (Å²) in [6.45, 7) is 6.01. The maximum atomic E-state index is 10.6. The van der Waals surface area contributed by atoms with E-state index in [4.69, 9.17) is 14.9 Å². The predicted molar refractivity (Wildman–Crippen MR) is 127 cm³/mol. The lowest BCUT2D eigenvalue weighted by Gasteiger charge is -2.19. The van der Waals surface area contributed by atoms with E-state index in [1.165, 1.54) is 11.3 Å². The number of aromatic nitrogens is 1. The van der Waals surface area contributed by atoms with Gasteiger partial charge in [-0.1, -0.05) is 12.1 Å². The molecule has 0 saturated heterocycles. The molecule has 0 aliphatic carbocycles. The fourth-order valence-electron chi connectivity index (χ4n) is 3.49. The van der Waals surface area contributed by atoms with Gasteiger partial charge in [0.1, 0.15) is 16.6 Å². The molecule has 2 N–H and O–H groups in total. The third-order valence-corrected chi connectivity index (χ3v) is 6.70. The second kappa shape index (κ2) is 9.53. The van der Waals surface area contributed by atoms with Crippen molar-refractivity contribution in [2.24, 2.45) is 0 Å². The van der Waals surface area contributed by atoms with Crippen LogP contribution in [0, 0.1) is 5.41 Å². The van der Waals surface area contributed by atoms with Crippen molar-refractivity contribution in [3.63, 3.8) is 0 Å². The first-order valence-electron chi connectivity index (χ1n) is 10.2. The van der Waals surface area contributed by atoms with E-state index in [9.17, 15) is 5.11 Å². The molecule has 0 fully saturated rings. The summed E-state index contributed by atoms with van der Waals surface area (Å²) in [5.41, 5.74) is 2.52. The van der Waals surface area contributed by atoms with Crippen LogP contribution in [0.25, 0.3) is 16.1 Å². The molecule has 8 heteroatoms. The number of thiophene rings is 1. The van der Waals surface area contributed by atoms with Gasteiger partial charge in [0.15, 0.2) is 11.5 Å². The summed E-state index contributed by atoms with van der Waals surface area (Å²) in [5, 5.41) is 23.9. The Balaban J connectivity index is 1.44. The molecule has 0 spiro atoms. The zero-order chi connectivity index (χ0) is 21.8. The first kappa shape index (κ1) is 21.4. The minimum Gasteiger partial charge on any atom is -0.510 e. The van der Waals surface area contributed by atoms with Crippen molar-refractivity contribution in [1.29, 1.82) is 5.41 Å². The van der Waals surface area contributed by atoms with Gasteiger partial charge >= 0.3 is 0 Å². The molecule has 0 unspecified atom stereocenters. The van der Waals surface area contributed by atoms with Crippen LogP contribution in [0.2, 0.25) is 0 Å². The highest BCUT2D eigenvalue weighted by Gasteiger charge is 2.30. The molecule has 1 aromatic carbocycles. The van der Waals surface area contributed by atoms with E-state index < -0.39 is 0 Å². The van der Waals surface area contributed by atoms with E-state index in [-0.39, 0.29) is 5.76 Å². The van der Waals surface area contributed by atoms with Crippen molar-refractivity contribution in [1.82, 2.24) is 9.88 Å². The van der Waals surface area contributed by atoms with Crippen molar-refractivity contribution >= 4 is 34.1 Å². The third-order valence-electron chi connectivity index (χ3n) is 4.95. The molecule has 0 amide bonds. The van der Waals surface area contributed by atoms with Gasteiger partial charge in [-0.05, 0) is 49.4 Å². The van der Waals surface area contributed by atoms with Crippen molar-refractivity contribution in [2.45, 2.75) is 20.3 Å². The second-order valence-electron chi connectivity index (χ2n) is 7.00. The third kappa shape index (κ3) is 4.60. The second-order valence-corrected chi connectivity index (χ2v) is 8.81. The molecule has 0 saturated carbocycles. The first-order chi connectivity index (χ1) is 15.1. The minimum absolute atomic E-state index is 0.207. The molecule has 0 atom stereocenters. The predicted octanol–water partition coefficient (Wildman–Crippen LogP) is 5.47. The summed E-state index contributed by atoms with van der Waals surface area (Å²) >= 11 is 3.09. The average Bonchev–Trinajstić information content (AvgIpc) is 3.49. The number of aliphatic hydroxyl groups is 1. The summed E-state index contributed by atoms with van der Waals surface area (Å²) in [5.74, 6) is 2.01. The quantitative estimate of drug-likeness (QED) is 0.447. The highest BCUT2D eigenvalue weighted by atomic mass is 32.1. The number of nitrogens with zero attached hydrogens (tertiary/aromatic N) is 2. The minimum atomic E-state index is 0.207. The molecule has 0 bridgehead atoms. The molecule has 1 aliphatic heterocycles. The molecular formula is C23H25N3O3S2. The maximum Gasteiger partial charge on any atom is 0.161 e. The van der Waals surface area contributed by atoms with E-state index in [0.29, 0.717) is 42.7 Å². The lowest BCUT2D eigenvalue weighted by Crippen LogP contribution is -2.28. The largest absolute Gasteiger partial charge is 0.510 e. The molecule has 3 heterocycles. The SMILES string of the molecule is CCOc1ccc(CCN2CC(O)=C(c3nc(-c4cccs4)cs3)C2=N)cc1OCC. The van der Waals surface area contributed by atoms with Crippen LogP contribution in [-0.4, -0.2) is 47.1 Å². The van der Waals surface area contributed by atoms with Gasteiger partial charge in [-0.25, -0.2) is 4.98 Å². The van der Waals surface area contributed by atoms with E-state index in [1.807, 2.05) is 59.8 Å². The smallest absolute Gasteiger partial charge is 0.161 e. The van der Waals surface area contributed by atoms with Crippen LogP contribution >= 0.6 is 22.7 Å². The molecular weight excluding hydrogens is 430 g/mol. The number of amidine groups is 1. The van der Waals surface area contributed by atoms with E-state index in [1.54, 1.807) is 11.3 Å². The summed E-state index contributed by atoms with van der Waals surface area (Å²) in [6.07, 6.45) is 0.730. The summed E-state index contributed by atoms with van der Waals surface area (Å²) in [6, 6.07) is 9.97. The van der Waals surface area contributed by atoms with Crippen molar-refractivity contribution in [3.05, 3.63) is 57.4 Å². The van der Waals surface area contributed by atoms with Crippen molar-refractivity contribution in [2.75, 3.05) is 26.3 Å². The van der Waals surface area contributed by atoms with Crippen molar-refractivity contribution < 1.29 is 14.6 Å². The Morgan fingerprint density at radius 3 is 2.68 bits per heavy atom. The highest BCUT2D eigenvalue weighted by Crippen LogP contribution is 2.34. The van der Waals surface area contributed by atoms with Crippen molar-refractivity contribution in [3.8, 4) is 22.1 Å². The molecule has 162 valence electrons. The number of hydrogen-bond acceptors (Lipinski definition) is 7. The van der Waals surface area contributed by atoms with Gasteiger partial charge < -0.3 is 19.5 Å². The van der Waals surface area contributed by atoms with Crippen LogP contribution in [0.4, 0.5) is 0 Å². The molecule has 6 nitrogen and oxygen atoms in total. The highest BCUT2D eigenvalue weighted by molar-refractivity contribution is 7.14. The fourth-order valence-corrected chi connectivity index (χ4v) is 5.14. The molecule has 2 aromatic heterocycles. The fraction of sp³-hybridized carbons (Fsp3) is 0.304. The van der Waals surface area contributed by atoms with Crippen LogP contribution in [-0.2, 0) is 6.42 Å². The normalized spacial score (nSPS) is 13.9. The number of hydrogen-bond donors (Lipinski definition) is 2. The molecule has 3 aromatic rings. The Hall–Kier alpha value is -2.84. The van der Waals surface area contributed by atoms with Crippen LogP contribution < -0.4 is 9.47 Å². The van der Waals surface area contributed by atoms with Gasteiger partial charge in [0.25, 0.3) is 0 Å². The van der Waals surface area contributed by atoms with Gasteiger partial charge in [0, 0.05) is 11.9 Å². The van der Waals surface area contributed by atoms with Gasteiger partial charge in [0.2, 0.25) is 0 Å². The Bertz CT molecular complexity index is 1090. The maximum absolute atomic E-state index is 10.6. The van der Waals surface area contributed by atoms with E-state index in [0.717, 1.165) is 34.1 Å². The number of nitrogens with one attached hydrogen (secondary N) is 1. The molecule has 31 heavy (non-hydrogen) atoms. The van der Waals surface area contributed by atoms with E-state index >= 15 is 0 Å². The number of benzene rings is 1. The number of thiazole rings is 1. The summed E-state index contributed by atoms with van der Waals surface area (Å²) in [7, 11) is 0. The summed E-state index contributed by atoms with van der Waals surface area (Å²) < 4.78 is 11.3. The van der Waals surface area contributed by atoms with Crippen LogP contribution in [0.15, 0.2) is 46.9 Å². The Morgan fingerprint density at radius 2 is 1.94 bits per heavy atom. The Kier molecular flexibility index (Phi) is 6.58. The lowest BCUT2D eigenvalue weighted by atomic mass is 10.1. The first-order valence-corrected chi connectivity index (χ1v) is 12.0. The van der Waals surface area contributed by atoms with Crippen LogP contribution in [0.5, 0.6) is 11.5 Å². The Morgan fingerprint density at radius 1 is 1.13 bits per heavy atom. The van der Waals surface area contributed by atoms with Gasteiger partial charge in [0.05, 0.1) is 35.9 Å². The monoisotopic (exact) mass is 455 g/mol. The summed E-state index contributed by atoms with van der Waals surface area (Å²) in [4.78, 5) is 7.63. The molecule has 1 aliphatic rings. The number of aliphatic hydroxyl groups excluding tert-OH is 1. The average molecular weight is 456 g/mol. The lowest BCUT2D eigenvalue weighted by molar-refractivity contribution is 0.287. The molecule has 0 radical (unpaired) electrons. The number of rotatable bonds is 9. The standard InChI is InChI=1S/C23H25N3O3S2/c1-3-28-18-8-7-15(12-19(18)29-4-2)9-10-26-13-17(27)21(22(26)24)23-25-16(14-31-23)20-6-5-11-30-20/h5-8,11-12,14,24,27H,3-4,9-10,13H2,1-2H3. The zero-order valence-electron chi connectivity index (χ0n) is 17.6. The molecule has 4 rings (SSSR count). The topological polar surface area (TPSA) is 78.7 Å². The van der Waals surface area contributed by atoms with Crippen LogP contribution in [0.1, 0.15) is 24.4 Å².